The maximum Gasteiger partial charge on any atom is 0.279 e. The molecule has 0 atom stereocenters. The van der Waals surface area contributed by atoms with Gasteiger partial charge in [-0.25, -0.2) is 9.11 Å². The molecule has 0 amide bonds. The predicted octanol–water partition coefficient (Wildman–Crippen LogP) is 1.04. The monoisotopic (exact) mass is 358 g/mol. The van der Waals surface area contributed by atoms with E-state index in [-0.39, 0.29) is 12.4 Å². The quantitative estimate of drug-likeness (QED) is 0.854. The zero-order valence-corrected chi connectivity index (χ0v) is 14.4. The van der Waals surface area contributed by atoms with E-state index in [0.717, 1.165) is 5.56 Å². The van der Waals surface area contributed by atoms with E-state index >= 15 is 0 Å². The van der Waals surface area contributed by atoms with E-state index in [4.69, 9.17) is 9.47 Å². The standard InChI is InChI=1S/C16H23FN2O4S/c17-15-3-1-2-14(12-15)16(4-8-22-9-5-16)13-18-24(20,21)19-6-10-23-11-7-19/h1-3,12,18H,4-11,13H2. The molecule has 0 saturated carbocycles. The van der Waals surface area contributed by atoms with Crippen molar-refractivity contribution in [3.8, 4) is 0 Å². The maximum absolute atomic E-state index is 13.7. The van der Waals surface area contributed by atoms with Gasteiger partial charge in [-0.3, -0.25) is 0 Å². The summed E-state index contributed by atoms with van der Waals surface area (Å²) in [6.45, 7) is 2.83. The van der Waals surface area contributed by atoms with E-state index in [2.05, 4.69) is 4.72 Å². The fourth-order valence-electron chi connectivity index (χ4n) is 3.26. The third kappa shape index (κ3) is 3.94. The van der Waals surface area contributed by atoms with Crippen LogP contribution in [0.3, 0.4) is 0 Å². The van der Waals surface area contributed by atoms with Crippen molar-refractivity contribution in [2.75, 3.05) is 46.1 Å². The van der Waals surface area contributed by atoms with Crippen LogP contribution in [0.4, 0.5) is 4.39 Å². The number of rotatable bonds is 5. The van der Waals surface area contributed by atoms with Crippen molar-refractivity contribution in [3.63, 3.8) is 0 Å². The molecule has 6 nitrogen and oxygen atoms in total. The normalized spacial score (nSPS) is 22.4. The van der Waals surface area contributed by atoms with Crippen LogP contribution in [0.25, 0.3) is 0 Å². The molecule has 2 fully saturated rings. The summed E-state index contributed by atoms with van der Waals surface area (Å²) in [5, 5.41) is 0. The highest BCUT2D eigenvalue weighted by atomic mass is 32.2. The number of nitrogens with one attached hydrogen (secondary N) is 1. The Morgan fingerprint density at radius 2 is 1.79 bits per heavy atom. The molecule has 1 aromatic carbocycles. The zero-order valence-electron chi connectivity index (χ0n) is 13.5. The smallest absolute Gasteiger partial charge is 0.279 e. The summed E-state index contributed by atoms with van der Waals surface area (Å²) in [6.07, 6.45) is 1.31. The van der Waals surface area contributed by atoms with Gasteiger partial charge in [-0.1, -0.05) is 12.1 Å². The Kier molecular flexibility index (Phi) is 5.51. The van der Waals surface area contributed by atoms with Crippen LogP contribution in [-0.4, -0.2) is 58.8 Å². The third-order valence-electron chi connectivity index (χ3n) is 4.79. The van der Waals surface area contributed by atoms with Gasteiger partial charge in [0.25, 0.3) is 10.2 Å². The Labute approximate surface area is 142 Å². The Morgan fingerprint density at radius 1 is 1.12 bits per heavy atom. The molecule has 2 aliphatic rings. The zero-order chi connectivity index (χ0) is 17.0. The highest BCUT2D eigenvalue weighted by Crippen LogP contribution is 2.34. The number of ether oxygens (including phenoxy) is 2. The molecule has 8 heteroatoms. The SMILES string of the molecule is O=S(=O)(NCC1(c2cccc(F)c2)CCOCC1)N1CCOCC1. The molecule has 134 valence electrons. The largest absolute Gasteiger partial charge is 0.381 e. The fraction of sp³-hybridized carbons (Fsp3) is 0.625. The molecule has 1 N–H and O–H groups in total. The molecule has 0 unspecified atom stereocenters. The number of hydrogen-bond donors (Lipinski definition) is 1. The van der Waals surface area contributed by atoms with Crippen molar-refractivity contribution < 1.29 is 22.3 Å². The number of halogens is 1. The molecule has 0 bridgehead atoms. The molecule has 2 saturated heterocycles. The van der Waals surface area contributed by atoms with Gasteiger partial charge < -0.3 is 9.47 Å². The van der Waals surface area contributed by atoms with Crippen LogP contribution in [-0.2, 0) is 25.1 Å². The number of benzene rings is 1. The van der Waals surface area contributed by atoms with Gasteiger partial charge >= 0.3 is 0 Å². The van der Waals surface area contributed by atoms with Gasteiger partial charge in [-0.2, -0.15) is 12.7 Å². The van der Waals surface area contributed by atoms with Crippen LogP contribution in [0.1, 0.15) is 18.4 Å². The first-order chi connectivity index (χ1) is 11.5. The van der Waals surface area contributed by atoms with E-state index in [1.165, 1.54) is 16.4 Å². The van der Waals surface area contributed by atoms with Gasteiger partial charge in [-0.05, 0) is 30.5 Å². The fourth-order valence-corrected chi connectivity index (χ4v) is 4.53. The lowest BCUT2D eigenvalue weighted by molar-refractivity contribution is 0.0508. The molecular formula is C16H23FN2O4S. The number of morpholine rings is 1. The predicted molar refractivity (Wildman–Crippen MR) is 87.4 cm³/mol. The average Bonchev–Trinajstić information content (AvgIpc) is 2.62. The van der Waals surface area contributed by atoms with Gasteiger partial charge in [0.2, 0.25) is 0 Å². The minimum Gasteiger partial charge on any atom is -0.381 e. The van der Waals surface area contributed by atoms with E-state index in [1.54, 1.807) is 6.07 Å². The lowest BCUT2D eigenvalue weighted by Gasteiger charge is -2.38. The summed E-state index contributed by atoms with van der Waals surface area (Å²) in [5.74, 6) is -0.311. The Morgan fingerprint density at radius 3 is 2.46 bits per heavy atom. The minimum absolute atomic E-state index is 0.236. The molecule has 0 aliphatic carbocycles. The van der Waals surface area contributed by atoms with Crippen molar-refractivity contribution in [1.29, 1.82) is 0 Å². The second-order valence-corrected chi connectivity index (χ2v) is 8.00. The van der Waals surface area contributed by atoms with Crippen LogP contribution in [0, 0.1) is 5.82 Å². The van der Waals surface area contributed by atoms with Crippen LogP contribution in [0.15, 0.2) is 24.3 Å². The van der Waals surface area contributed by atoms with Crippen LogP contribution < -0.4 is 4.72 Å². The van der Waals surface area contributed by atoms with Crippen molar-refractivity contribution >= 4 is 10.2 Å². The van der Waals surface area contributed by atoms with Crippen molar-refractivity contribution in [1.82, 2.24) is 9.03 Å². The van der Waals surface area contributed by atoms with Gasteiger partial charge in [0, 0.05) is 38.3 Å². The summed E-state index contributed by atoms with van der Waals surface area (Å²) >= 11 is 0. The lowest BCUT2D eigenvalue weighted by atomic mass is 9.74. The number of nitrogens with zero attached hydrogens (tertiary/aromatic N) is 1. The molecule has 0 spiro atoms. The van der Waals surface area contributed by atoms with Gasteiger partial charge in [0.1, 0.15) is 5.82 Å². The van der Waals surface area contributed by atoms with E-state index in [1.807, 2.05) is 6.07 Å². The summed E-state index contributed by atoms with van der Waals surface area (Å²) in [7, 11) is -3.57. The topological polar surface area (TPSA) is 67.9 Å². The molecule has 24 heavy (non-hydrogen) atoms. The van der Waals surface area contributed by atoms with Crippen LogP contribution >= 0.6 is 0 Å². The molecule has 3 rings (SSSR count). The number of hydrogen-bond acceptors (Lipinski definition) is 4. The van der Waals surface area contributed by atoms with Gasteiger partial charge in [0.05, 0.1) is 13.2 Å². The van der Waals surface area contributed by atoms with Crippen LogP contribution in [0.2, 0.25) is 0 Å². The molecular weight excluding hydrogens is 335 g/mol. The second-order valence-electron chi connectivity index (χ2n) is 6.24. The average molecular weight is 358 g/mol. The molecule has 1 aromatic rings. The molecule has 2 aliphatic heterocycles. The van der Waals surface area contributed by atoms with Crippen LogP contribution in [0.5, 0.6) is 0 Å². The van der Waals surface area contributed by atoms with Gasteiger partial charge in [-0.15, -0.1) is 0 Å². The summed E-state index contributed by atoms with van der Waals surface area (Å²) in [4.78, 5) is 0. The molecule has 0 aromatic heterocycles. The third-order valence-corrected chi connectivity index (χ3v) is 6.34. The summed E-state index contributed by atoms with van der Waals surface area (Å²) in [5.41, 5.74) is 0.371. The van der Waals surface area contributed by atoms with Crippen molar-refractivity contribution in [3.05, 3.63) is 35.6 Å². The minimum atomic E-state index is -3.57. The van der Waals surface area contributed by atoms with E-state index in [0.29, 0.717) is 52.4 Å². The lowest BCUT2D eigenvalue weighted by Crippen LogP contribution is -2.51. The first-order valence-corrected chi connectivity index (χ1v) is 9.62. The van der Waals surface area contributed by atoms with E-state index in [9.17, 15) is 12.8 Å². The molecule has 0 radical (unpaired) electrons. The maximum atomic E-state index is 13.7. The Balaban J connectivity index is 1.77. The van der Waals surface area contributed by atoms with E-state index < -0.39 is 15.6 Å². The second kappa shape index (κ2) is 7.45. The highest BCUT2D eigenvalue weighted by molar-refractivity contribution is 7.87. The first-order valence-electron chi connectivity index (χ1n) is 8.18. The molecule has 2 heterocycles. The summed E-state index contributed by atoms with van der Waals surface area (Å²) in [6, 6.07) is 6.42. The van der Waals surface area contributed by atoms with Crippen molar-refractivity contribution in [2.45, 2.75) is 18.3 Å². The Hall–Kier alpha value is -1.06. The van der Waals surface area contributed by atoms with Crippen molar-refractivity contribution in [2.24, 2.45) is 0 Å². The summed E-state index contributed by atoms with van der Waals surface area (Å²) < 4.78 is 53.5. The highest BCUT2D eigenvalue weighted by Gasteiger charge is 2.37. The van der Waals surface area contributed by atoms with Gasteiger partial charge in [0.15, 0.2) is 0 Å². The Bertz CT molecular complexity index is 656. The first kappa shape index (κ1) is 17.8.